The number of alkyl carbamates (subject to hydrolysis) is 1. The Kier molecular flexibility index (Phi) is 6.00. The van der Waals surface area contributed by atoms with Crippen LogP contribution in [-0.4, -0.2) is 24.3 Å². The van der Waals surface area contributed by atoms with Crippen LogP contribution in [0.15, 0.2) is 54.6 Å². The van der Waals surface area contributed by atoms with Crippen molar-refractivity contribution >= 4 is 12.1 Å². The van der Waals surface area contributed by atoms with Gasteiger partial charge in [-0.2, -0.15) is 0 Å². The van der Waals surface area contributed by atoms with E-state index in [9.17, 15) is 14.7 Å². The Hall–Kier alpha value is -3.02. The van der Waals surface area contributed by atoms with Crippen molar-refractivity contribution in [2.45, 2.75) is 25.5 Å². The first-order valence-electron chi connectivity index (χ1n) is 7.78. The van der Waals surface area contributed by atoms with Crippen LogP contribution >= 0.6 is 0 Å². The predicted octanol–water partition coefficient (Wildman–Crippen LogP) is 3.31. The van der Waals surface area contributed by atoms with Gasteiger partial charge in [-0.05, 0) is 30.2 Å². The average molecular weight is 343 g/mol. The number of aliphatic carboxylic acids is 1. The predicted molar refractivity (Wildman–Crippen MR) is 92.4 cm³/mol. The maximum absolute atomic E-state index is 12.2. The molecule has 6 nitrogen and oxygen atoms in total. The number of carboxylic acid groups (broad SMARTS) is 1. The molecule has 0 fully saturated rings. The highest BCUT2D eigenvalue weighted by atomic mass is 16.5. The molecule has 0 aromatic heterocycles. The van der Waals surface area contributed by atoms with Gasteiger partial charge in [-0.1, -0.05) is 42.5 Å². The van der Waals surface area contributed by atoms with E-state index in [-0.39, 0.29) is 13.0 Å². The van der Waals surface area contributed by atoms with Crippen LogP contribution in [0, 0.1) is 0 Å². The number of hydrogen-bond acceptors (Lipinski definition) is 4. The Morgan fingerprint density at radius 2 is 1.84 bits per heavy atom. The number of benzene rings is 2. The molecule has 1 unspecified atom stereocenters. The van der Waals surface area contributed by atoms with Gasteiger partial charge in [-0.25, -0.2) is 4.79 Å². The van der Waals surface area contributed by atoms with E-state index in [4.69, 9.17) is 9.47 Å². The summed E-state index contributed by atoms with van der Waals surface area (Å²) in [4.78, 5) is 23.5. The SMILES string of the molecule is COc1cccc(C(C)(CC(=O)O)NC(=O)OCc2ccccc2)c1. The Balaban J connectivity index is 2.13. The monoisotopic (exact) mass is 343 g/mol. The summed E-state index contributed by atoms with van der Waals surface area (Å²) < 4.78 is 10.4. The van der Waals surface area contributed by atoms with Gasteiger partial charge in [0, 0.05) is 0 Å². The molecule has 0 aliphatic carbocycles. The quantitative estimate of drug-likeness (QED) is 0.806. The summed E-state index contributed by atoms with van der Waals surface area (Å²) in [6, 6.07) is 16.2. The van der Waals surface area contributed by atoms with Crippen molar-refractivity contribution in [2.75, 3.05) is 7.11 Å². The highest BCUT2D eigenvalue weighted by molar-refractivity contribution is 5.73. The molecule has 2 rings (SSSR count). The van der Waals surface area contributed by atoms with Crippen LogP contribution in [-0.2, 0) is 21.7 Å². The molecule has 0 aliphatic heterocycles. The van der Waals surface area contributed by atoms with Gasteiger partial charge in [-0.15, -0.1) is 0 Å². The lowest BCUT2D eigenvalue weighted by atomic mass is 9.88. The zero-order valence-electron chi connectivity index (χ0n) is 14.2. The Morgan fingerprint density at radius 1 is 1.12 bits per heavy atom. The molecule has 25 heavy (non-hydrogen) atoms. The van der Waals surface area contributed by atoms with Crippen LogP contribution in [0.3, 0.4) is 0 Å². The number of hydrogen-bond donors (Lipinski definition) is 2. The van der Waals surface area contributed by atoms with E-state index in [1.807, 2.05) is 30.3 Å². The topological polar surface area (TPSA) is 84.9 Å². The fourth-order valence-electron chi connectivity index (χ4n) is 2.47. The van der Waals surface area contributed by atoms with Gasteiger partial charge in [0.15, 0.2) is 0 Å². The summed E-state index contributed by atoms with van der Waals surface area (Å²) in [5, 5.41) is 11.9. The lowest BCUT2D eigenvalue weighted by Gasteiger charge is -2.29. The van der Waals surface area contributed by atoms with Crippen molar-refractivity contribution in [3.8, 4) is 5.75 Å². The summed E-state index contributed by atoms with van der Waals surface area (Å²) in [7, 11) is 1.52. The van der Waals surface area contributed by atoms with Gasteiger partial charge >= 0.3 is 12.1 Å². The molecule has 2 aromatic rings. The van der Waals surface area contributed by atoms with Crippen molar-refractivity contribution in [1.29, 1.82) is 0 Å². The molecule has 0 spiro atoms. The normalized spacial score (nSPS) is 12.7. The lowest BCUT2D eigenvalue weighted by Crippen LogP contribution is -2.45. The largest absolute Gasteiger partial charge is 0.497 e. The molecule has 0 saturated carbocycles. The first kappa shape index (κ1) is 18.3. The van der Waals surface area contributed by atoms with E-state index in [0.717, 1.165) is 5.56 Å². The van der Waals surface area contributed by atoms with Crippen LogP contribution in [0.5, 0.6) is 5.75 Å². The standard InChI is InChI=1S/C19H21NO5/c1-19(12-17(21)22,15-9-6-10-16(11-15)24-2)20-18(23)25-13-14-7-4-3-5-8-14/h3-11H,12-13H2,1-2H3,(H,20,23)(H,21,22). The van der Waals surface area contributed by atoms with Crippen LogP contribution in [0.4, 0.5) is 4.79 Å². The van der Waals surface area contributed by atoms with Gasteiger partial charge in [0.1, 0.15) is 12.4 Å². The fraction of sp³-hybridized carbons (Fsp3) is 0.263. The third-order valence-corrected chi connectivity index (χ3v) is 3.80. The van der Waals surface area contributed by atoms with Gasteiger partial charge in [0.05, 0.1) is 19.1 Å². The van der Waals surface area contributed by atoms with E-state index >= 15 is 0 Å². The second-order valence-electron chi connectivity index (χ2n) is 5.82. The molecule has 6 heteroatoms. The first-order chi connectivity index (χ1) is 11.9. The van der Waals surface area contributed by atoms with Crippen molar-refractivity contribution in [3.63, 3.8) is 0 Å². The number of methoxy groups -OCH3 is 1. The summed E-state index contributed by atoms with van der Waals surface area (Å²) >= 11 is 0. The third kappa shape index (κ3) is 5.24. The molecular weight excluding hydrogens is 322 g/mol. The maximum atomic E-state index is 12.2. The van der Waals surface area contributed by atoms with Crippen molar-refractivity contribution < 1.29 is 24.2 Å². The minimum Gasteiger partial charge on any atom is -0.497 e. The van der Waals surface area contributed by atoms with Gasteiger partial charge in [-0.3, -0.25) is 4.79 Å². The Morgan fingerprint density at radius 3 is 2.48 bits per heavy atom. The molecule has 0 saturated heterocycles. The third-order valence-electron chi connectivity index (χ3n) is 3.80. The van der Waals surface area contributed by atoms with Gasteiger partial charge in [0.25, 0.3) is 0 Å². The number of ether oxygens (including phenoxy) is 2. The maximum Gasteiger partial charge on any atom is 0.408 e. The summed E-state index contributed by atoms with van der Waals surface area (Å²) in [6.45, 7) is 1.74. The molecule has 1 amide bonds. The Labute approximate surface area is 146 Å². The highest BCUT2D eigenvalue weighted by Crippen LogP contribution is 2.28. The van der Waals surface area contributed by atoms with E-state index in [2.05, 4.69) is 5.32 Å². The second kappa shape index (κ2) is 8.19. The zero-order valence-corrected chi connectivity index (χ0v) is 14.2. The number of amides is 1. The van der Waals surface area contributed by atoms with Crippen molar-refractivity contribution in [1.82, 2.24) is 5.32 Å². The number of carboxylic acids is 1. The van der Waals surface area contributed by atoms with Gasteiger partial charge in [0.2, 0.25) is 0 Å². The number of carbonyl (C=O) groups excluding carboxylic acids is 1. The average Bonchev–Trinajstić information content (AvgIpc) is 2.60. The van der Waals surface area contributed by atoms with Crippen molar-refractivity contribution in [3.05, 3.63) is 65.7 Å². The number of carbonyl (C=O) groups is 2. The van der Waals surface area contributed by atoms with Crippen LogP contribution in [0.25, 0.3) is 0 Å². The van der Waals surface area contributed by atoms with Crippen LogP contribution in [0.1, 0.15) is 24.5 Å². The zero-order chi connectivity index (χ0) is 18.3. The summed E-state index contributed by atoms with van der Waals surface area (Å²) in [6.07, 6.45) is -0.976. The molecule has 2 aromatic carbocycles. The summed E-state index contributed by atoms with van der Waals surface area (Å²) in [5.41, 5.74) is 0.332. The highest BCUT2D eigenvalue weighted by Gasteiger charge is 2.32. The second-order valence-corrected chi connectivity index (χ2v) is 5.82. The van der Waals surface area contributed by atoms with Crippen molar-refractivity contribution in [2.24, 2.45) is 0 Å². The minimum atomic E-state index is -1.13. The van der Waals surface area contributed by atoms with Crippen LogP contribution in [0.2, 0.25) is 0 Å². The smallest absolute Gasteiger partial charge is 0.408 e. The van der Waals surface area contributed by atoms with E-state index in [1.165, 1.54) is 7.11 Å². The summed E-state index contributed by atoms with van der Waals surface area (Å²) in [5.74, 6) is -0.456. The molecular formula is C19H21NO5. The molecule has 0 aliphatic rings. The molecule has 2 N–H and O–H groups in total. The molecule has 0 radical (unpaired) electrons. The van der Waals surface area contributed by atoms with E-state index in [1.54, 1.807) is 31.2 Å². The van der Waals surface area contributed by atoms with Crippen LogP contribution < -0.4 is 10.1 Å². The molecule has 1 atom stereocenters. The van der Waals surface area contributed by atoms with E-state index in [0.29, 0.717) is 11.3 Å². The molecule has 0 heterocycles. The van der Waals surface area contributed by atoms with Gasteiger partial charge < -0.3 is 19.9 Å². The van der Waals surface area contributed by atoms with E-state index < -0.39 is 17.6 Å². The number of nitrogens with one attached hydrogen (secondary N) is 1. The fourth-order valence-corrected chi connectivity index (χ4v) is 2.47. The lowest BCUT2D eigenvalue weighted by molar-refractivity contribution is -0.138. The molecule has 132 valence electrons. The molecule has 0 bridgehead atoms. The Bertz CT molecular complexity index is 732. The first-order valence-corrected chi connectivity index (χ1v) is 7.78. The minimum absolute atomic E-state index is 0.105. The number of rotatable bonds is 7.